The van der Waals surface area contributed by atoms with Crippen molar-refractivity contribution in [2.75, 3.05) is 4.90 Å². The van der Waals surface area contributed by atoms with Crippen molar-refractivity contribution in [3.8, 4) is 0 Å². The average Bonchev–Trinajstić information content (AvgIpc) is 2.97. The van der Waals surface area contributed by atoms with Crippen LogP contribution in [-0.4, -0.2) is 17.6 Å². The van der Waals surface area contributed by atoms with E-state index in [1.807, 2.05) is 78.9 Å². The first-order valence-corrected chi connectivity index (χ1v) is 12.2. The number of thioether (sulfide) groups is 1. The van der Waals surface area contributed by atoms with Crippen LogP contribution in [-0.2, 0) is 20.9 Å². The van der Waals surface area contributed by atoms with Gasteiger partial charge in [0.1, 0.15) is 5.60 Å². The molecular weight excluding hydrogens is 500 g/mol. The van der Waals surface area contributed by atoms with E-state index in [2.05, 4.69) is 21.2 Å². The molecule has 33 heavy (non-hydrogen) atoms. The molecule has 0 saturated carbocycles. The van der Waals surface area contributed by atoms with E-state index in [4.69, 9.17) is 4.74 Å². The number of ether oxygens (including phenoxy) is 1. The third kappa shape index (κ3) is 5.09. The Hall–Kier alpha value is -2.77. The van der Waals surface area contributed by atoms with Gasteiger partial charge >= 0.3 is 6.09 Å². The standard InChI is InChI=1S/C26H25BrN2O3S/c1-25(2,3)32-24(31)28-26(33-20-9-5-4-6-10-20)21-11-7-8-12-22(21)29(23(26)30)17-18-13-15-19(27)16-14-18/h4-16H,17H2,1-3H3,(H,28,31). The van der Waals surface area contributed by atoms with Gasteiger partial charge in [0.15, 0.2) is 0 Å². The molecule has 7 heteroatoms. The molecule has 4 rings (SSSR count). The van der Waals surface area contributed by atoms with Gasteiger partial charge < -0.3 is 9.64 Å². The molecule has 2 amide bonds. The lowest BCUT2D eigenvalue weighted by Crippen LogP contribution is -2.51. The van der Waals surface area contributed by atoms with Gasteiger partial charge in [0.05, 0.1) is 12.2 Å². The van der Waals surface area contributed by atoms with Crippen molar-refractivity contribution in [1.29, 1.82) is 0 Å². The van der Waals surface area contributed by atoms with Crippen molar-refractivity contribution in [2.24, 2.45) is 0 Å². The lowest BCUT2D eigenvalue weighted by atomic mass is 10.1. The molecule has 5 nitrogen and oxygen atoms in total. The van der Waals surface area contributed by atoms with Crippen LogP contribution in [0.5, 0.6) is 0 Å². The summed E-state index contributed by atoms with van der Waals surface area (Å²) in [4.78, 5) is 28.3. The number of alkyl carbamates (subject to hydrolysis) is 1. The molecule has 0 radical (unpaired) electrons. The average molecular weight is 525 g/mol. The number of carbonyl (C=O) groups excluding carboxylic acids is 2. The third-order valence-corrected chi connectivity index (χ3v) is 6.90. The van der Waals surface area contributed by atoms with E-state index >= 15 is 0 Å². The highest BCUT2D eigenvalue weighted by Gasteiger charge is 2.53. The van der Waals surface area contributed by atoms with Crippen molar-refractivity contribution < 1.29 is 14.3 Å². The normalized spacial score (nSPS) is 17.6. The summed E-state index contributed by atoms with van der Waals surface area (Å²) in [6, 6.07) is 25.0. The molecule has 0 saturated heterocycles. The summed E-state index contributed by atoms with van der Waals surface area (Å²) in [7, 11) is 0. The number of hydrogen-bond acceptors (Lipinski definition) is 4. The zero-order valence-corrected chi connectivity index (χ0v) is 21.1. The predicted octanol–water partition coefficient (Wildman–Crippen LogP) is 6.47. The number of anilines is 1. The van der Waals surface area contributed by atoms with E-state index < -0.39 is 16.6 Å². The van der Waals surface area contributed by atoms with Crippen LogP contribution in [0.15, 0.2) is 88.2 Å². The third-order valence-electron chi connectivity index (χ3n) is 5.07. The maximum Gasteiger partial charge on any atom is 0.409 e. The fraction of sp³-hybridized carbons (Fsp3) is 0.231. The fourth-order valence-corrected chi connectivity index (χ4v) is 5.23. The van der Waals surface area contributed by atoms with E-state index in [0.29, 0.717) is 6.54 Å². The van der Waals surface area contributed by atoms with Crippen molar-refractivity contribution in [1.82, 2.24) is 5.32 Å². The molecule has 1 aliphatic rings. The number of rotatable bonds is 5. The summed E-state index contributed by atoms with van der Waals surface area (Å²) < 4.78 is 6.53. The molecule has 1 atom stereocenters. The van der Waals surface area contributed by atoms with Gasteiger partial charge in [0.2, 0.25) is 4.87 Å². The summed E-state index contributed by atoms with van der Waals surface area (Å²) in [5, 5.41) is 2.93. The van der Waals surface area contributed by atoms with Crippen LogP contribution < -0.4 is 10.2 Å². The van der Waals surface area contributed by atoms with Crippen molar-refractivity contribution >= 4 is 45.4 Å². The molecule has 3 aromatic carbocycles. The number of halogens is 1. The number of amides is 2. The van der Waals surface area contributed by atoms with E-state index in [-0.39, 0.29) is 5.91 Å². The van der Waals surface area contributed by atoms with Crippen molar-refractivity contribution in [3.05, 3.63) is 94.5 Å². The molecule has 0 fully saturated rings. The lowest BCUT2D eigenvalue weighted by Gasteiger charge is -2.31. The molecule has 1 N–H and O–H groups in total. The number of nitrogens with one attached hydrogen (secondary N) is 1. The van der Waals surface area contributed by atoms with Crippen LogP contribution in [0.4, 0.5) is 10.5 Å². The smallest absolute Gasteiger partial charge is 0.409 e. The number of fused-ring (bicyclic) bond motifs is 1. The SMILES string of the molecule is CC(C)(C)OC(=O)NC1(Sc2ccccc2)C(=O)N(Cc2ccc(Br)cc2)c2ccccc21. The second-order valence-corrected chi connectivity index (χ2v) is 11.0. The van der Waals surface area contributed by atoms with Gasteiger partial charge in [-0.25, -0.2) is 4.79 Å². The van der Waals surface area contributed by atoms with E-state index in [1.165, 1.54) is 11.8 Å². The zero-order chi connectivity index (χ0) is 23.6. The molecule has 1 heterocycles. The number of para-hydroxylation sites is 1. The van der Waals surface area contributed by atoms with Crippen molar-refractivity contribution in [3.63, 3.8) is 0 Å². The van der Waals surface area contributed by atoms with Gasteiger partial charge in [-0.3, -0.25) is 10.1 Å². The minimum absolute atomic E-state index is 0.216. The summed E-state index contributed by atoms with van der Waals surface area (Å²) >= 11 is 4.77. The largest absolute Gasteiger partial charge is 0.444 e. The maximum absolute atomic E-state index is 14.1. The number of carbonyl (C=O) groups is 2. The molecule has 1 aliphatic heterocycles. The molecular formula is C26H25BrN2O3S. The Morgan fingerprint density at radius 1 is 1.00 bits per heavy atom. The van der Waals surface area contributed by atoms with E-state index in [9.17, 15) is 9.59 Å². The number of hydrogen-bond donors (Lipinski definition) is 1. The quantitative estimate of drug-likeness (QED) is 0.388. The van der Waals surface area contributed by atoms with Gasteiger partial charge in [0.25, 0.3) is 5.91 Å². The van der Waals surface area contributed by atoms with Crippen molar-refractivity contribution in [2.45, 2.75) is 42.7 Å². The fourth-order valence-electron chi connectivity index (χ4n) is 3.71. The van der Waals surface area contributed by atoms with Gasteiger partial charge in [-0.05, 0) is 56.7 Å². The summed E-state index contributed by atoms with van der Waals surface area (Å²) in [5.41, 5.74) is 1.79. The molecule has 0 aromatic heterocycles. The Balaban J connectivity index is 1.78. The van der Waals surface area contributed by atoms with Crippen LogP contribution in [0, 0.1) is 0 Å². The van der Waals surface area contributed by atoms with Crippen LogP contribution in [0.1, 0.15) is 31.9 Å². The van der Waals surface area contributed by atoms with E-state index in [1.54, 1.807) is 25.7 Å². The highest BCUT2D eigenvalue weighted by atomic mass is 79.9. The second kappa shape index (κ2) is 9.23. The van der Waals surface area contributed by atoms with Crippen LogP contribution in [0.3, 0.4) is 0 Å². The van der Waals surface area contributed by atoms with Crippen LogP contribution in [0.25, 0.3) is 0 Å². The second-order valence-electron chi connectivity index (χ2n) is 8.76. The number of benzene rings is 3. The Bertz CT molecular complexity index is 1160. The minimum atomic E-state index is -1.35. The monoisotopic (exact) mass is 524 g/mol. The summed E-state index contributed by atoms with van der Waals surface area (Å²) in [6.45, 7) is 5.78. The topological polar surface area (TPSA) is 58.6 Å². The molecule has 0 bridgehead atoms. The lowest BCUT2D eigenvalue weighted by molar-refractivity contribution is -0.121. The minimum Gasteiger partial charge on any atom is -0.444 e. The summed E-state index contributed by atoms with van der Waals surface area (Å²) in [5.74, 6) is -0.216. The Morgan fingerprint density at radius 3 is 2.30 bits per heavy atom. The Labute approximate surface area is 206 Å². The first kappa shape index (κ1) is 23.4. The Morgan fingerprint density at radius 2 is 1.64 bits per heavy atom. The highest BCUT2D eigenvalue weighted by molar-refractivity contribution is 9.10. The zero-order valence-electron chi connectivity index (χ0n) is 18.7. The first-order chi connectivity index (χ1) is 15.7. The first-order valence-electron chi connectivity index (χ1n) is 10.6. The van der Waals surface area contributed by atoms with Crippen LogP contribution in [0.2, 0.25) is 0 Å². The highest BCUT2D eigenvalue weighted by Crippen LogP contribution is 2.50. The van der Waals surface area contributed by atoms with Gasteiger partial charge in [-0.1, -0.05) is 76.2 Å². The number of nitrogens with zero attached hydrogens (tertiary/aromatic N) is 1. The summed E-state index contributed by atoms with van der Waals surface area (Å²) in [6.07, 6.45) is -0.639. The molecule has 0 aliphatic carbocycles. The van der Waals surface area contributed by atoms with Gasteiger partial charge in [-0.15, -0.1) is 0 Å². The molecule has 3 aromatic rings. The molecule has 1 unspecified atom stereocenters. The Kier molecular flexibility index (Phi) is 6.54. The van der Waals surface area contributed by atoms with E-state index in [0.717, 1.165) is 26.2 Å². The molecule has 0 spiro atoms. The van der Waals surface area contributed by atoms with Gasteiger partial charge in [-0.2, -0.15) is 0 Å². The van der Waals surface area contributed by atoms with Crippen LogP contribution >= 0.6 is 27.7 Å². The van der Waals surface area contributed by atoms with Gasteiger partial charge in [0, 0.05) is 14.9 Å². The molecule has 170 valence electrons. The maximum atomic E-state index is 14.1. The predicted molar refractivity (Wildman–Crippen MR) is 135 cm³/mol.